The van der Waals surface area contributed by atoms with Crippen molar-refractivity contribution in [3.8, 4) is 5.75 Å². The molecule has 1 aliphatic carbocycles. The fourth-order valence-electron chi connectivity index (χ4n) is 2.20. The van der Waals surface area contributed by atoms with Gasteiger partial charge in [-0.2, -0.15) is 0 Å². The number of benzene rings is 1. The Bertz CT molecular complexity index is 515. The molecule has 4 nitrogen and oxygen atoms in total. The summed E-state index contributed by atoms with van der Waals surface area (Å²) < 4.78 is 5.76. The molecule has 122 valence electrons. The Labute approximate surface area is 136 Å². The topological polar surface area (TPSA) is 58.6 Å². The SMILES string of the molecule is CC(C)C(O)CCNC(=O)c1ccc(OC2CCC2)cc1Cl. The van der Waals surface area contributed by atoms with Crippen molar-refractivity contribution in [2.75, 3.05) is 6.54 Å². The smallest absolute Gasteiger partial charge is 0.252 e. The van der Waals surface area contributed by atoms with Crippen LogP contribution in [0, 0.1) is 5.92 Å². The van der Waals surface area contributed by atoms with E-state index in [0.717, 1.165) is 12.8 Å². The summed E-state index contributed by atoms with van der Waals surface area (Å²) in [4.78, 5) is 12.1. The number of ether oxygens (including phenoxy) is 1. The van der Waals surface area contributed by atoms with Crippen molar-refractivity contribution >= 4 is 17.5 Å². The van der Waals surface area contributed by atoms with Crippen LogP contribution < -0.4 is 10.1 Å². The summed E-state index contributed by atoms with van der Waals surface area (Å²) in [6.07, 6.45) is 3.78. The van der Waals surface area contributed by atoms with Crippen molar-refractivity contribution in [2.24, 2.45) is 5.92 Å². The zero-order chi connectivity index (χ0) is 16.1. The highest BCUT2D eigenvalue weighted by molar-refractivity contribution is 6.34. The van der Waals surface area contributed by atoms with Crippen molar-refractivity contribution in [1.29, 1.82) is 0 Å². The molecule has 1 saturated carbocycles. The Morgan fingerprint density at radius 3 is 2.73 bits per heavy atom. The predicted molar refractivity (Wildman–Crippen MR) is 87.5 cm³/mol. The van der Waals surface area contributed by atoms with Crippen molar-refractivity contribution < 1.29 is 14.6 Å². The molecule has 5 heteroatoms. The minimum atomic E-state index is -0.408. The van der Waals surface area contributed by atoms with Gasteiger partial charge in [-0.25, -0.2) is 0 Å². The lowest BCUT2D eigenvalue weighted by Crippen LogP contribution is -2.29. The van der Waals surface area contributed by atoms with Gasteiger partial charge in [0.05, 0.1) is 22.8 Å². The van der Waals surface area contributed by atoms with Crippen molar-refractivity contribution in [3.05, 3.63) is 28.8 Å². The number of hydrogen-bond donors (Lipinski definition) is 2. The van der Waals surface area contributed by atoms with Gasteiger partial charge in [0.15, 0.2) is 0 Å². The van der Waals surface area contributed by atoms with E-state index in [9.17, 15) is 9.90 Å². The van der Waals surface area contributed by atoms with E-state index >= 15 is 0 Å². The Morgan fingerprint density at radius 1 is 1.45 bits per heavy atom. The molecule has 1 fully saturated rings. The third-order valence-corrected chi connectivity index (χ3v) is 4.35. The molecule has 0 aliphatic heterocycles. The van der Waals surface area contributed by atoms with Crippen LogP contribution in [-0.4, -0.2) is 29.8 Å². The summed E-state index contributed by atoms with van der Waals surface area (Å²) in [5, 5.41) is 12.9. The Balaban J connectivity index is 1.86. The van der Waals surface area contributed by atoms with Gasteiger partial charge in [0, 0.05) is 6.54 Å². The molecule has 1 unspecified atom stereocenters. The second kappa shape index (κ2) is 7.84. The Kier molecular flexibility index (Phi) is 6.09. The van der Waals surface area contributed by atoms with Gasteiger partial charge in [0.1, 0.15) is 5.75 Å². The van der Waals surface area contributed by atoms with Crippen molar-refractivity contribution in [2.45, 2.75) is 51.7 Å². The molecular weight excluding hydrogens is 302 g/mol. The zero-order valence-corrected chi connectivity index (χ0v) is 13.9. The zero-order valence-electron chi connectivity index (χ0n) is 13.1. The highest BCUT2D eigenvalue weighted by Crippen LogP contribution is 2.28. The highest BCUT2D eigenvalue weighted by Gasteiger charge is 2.20. The standard InChI is InChI=1S/C17H24ClNO3/c1-11(2)16(20)8-9-19-17(21)14-7-6-13(10-15(14)18)22-12-4-3-5-12/h6-7,10-12,16,20H,3-5,8-9H2,1-2H3,(H,19,21). The number of carbonyl (C=O) groups is 1. The van der Waals surface area contributed by atoms with E-state index in [-0.39, 0.29) is 17.9 Å². The fraction of sp³-hybridized carbons (Fsp3) is 0.588. The van der Waals surface area contributed by atoms with Gasteiger partial charge in [-0.1, -0.05) is 25.4 Å². The minimum Gasteiger partial charge on any atom is -0.490 e. The molecule has 0 spiro atoms. The normalized spacial score (nSPS) is 16.2. The molecule has 0 bridgehead atoms. The summed E-state index contributed by atoms with van der Waals surface area (Å²) in [5.41, 5.74) is 0.432. The minimum absolute atomic E-state index is 0.184. The molecule has 1 atom stereocenters. The molecule has 2 N–H and O–H groups in total. The quantitative estimate of drug-likeness (QED) is 0.807. The van der Waals surface area contributed by atoms with Crippen LogP contribution in [0.25, 0.3) is 0 Å². The number of hydrogen-bond acceptors (Lipinski definition) is 3. The fourth-order valence-corrected chi connectivity index (χ4v) is 2.45. The van der Waals surface area contributed by atoms with E-state index in [2.05, 4.69) is 5.32 Å². The van der Waals surface area contributed by atoms with Gasteiger partial charge in [0.25, 0.3) is 5.91 Å². The van der Waals surface area contributed by atoms with E-state index < -0.39 is 6.10 Å². The van der Waals surface area contributed by atoms with E-state index in [0.29, 0.717) is 29.3 Å². The lowest BCUT2D eigenvalue weighted by molar-refractivity contribution is 0.0920. The van der Waals surface area contributed by atoms with Crippen LogP contribution in [0.5, 0.6) is 5.75 Å². The van der Waals surface area contributed by atoms with Gasteiger partial charge in [-0.05, 0) is 49.8 Å². The van der Waals surface area contributed by atoms with E-state index in [1.165, 1.54) is 6.42 Å². The molecule has 1 aliphatic rings. The van der Waals surface area contributed by atoms with E-state index in [4.69, 9.17) is 16.3 Å². The average Bonchev–Trinajstić information content (AvgIpc) is 2.42. The lowest BCUT2D eigenvalue weighted by Gasteiger charge is -2.26. The third kappa shape index (κ3) is 4.62. The molecule has 0 heterocycles. The first kappa shape index (κ1) is 17.1. The summed E-state index contributed by atoms with van der Waals surface area (Å²) in [5.74, 6) is 0.668. The van der Waals surface area contributed by atoms with Crippen LogP contribution >= 0.6 is 11.6 Å². The van der Waals surface area contributed by atoms with E-state index in [1.54, 1.807) is 18.2 Å². The molecule has 22 heavy (non-hydrogen) atoms. The maximum Gasteiger partial charge on any atom is 0.252 e. The summed E-state index contributed by atoms with van der Waals surface area (Å²) in [6, 6.07) is 5.16. The number of amides is 1. The van der Waals surface area contributed by atoms with Crippen LogP contribution in [0.1, 0.15) is 49.9 Å². The van der Waals surface area contributed by atoms with Crippen LogP contribution in [0.15, 0.2) is 18.2 Å². The Morgan fingerprint density at radius 2 is 2.18 bits per heavy atom. The highest BCUT2D eigenvalue weighted by atomic mass is 35.5. The van der Waals surface area contributed by atoms with Crippen LogP contribution in [0.4, 0.5) is 0 Å². The molecule has 2 rings (SSSR count). The van der Waals surface area contributed by atoms with Crippen molar-refractivity contribution in [1.82, 2.24) is 5.32 Å². The van der Waals surface area contributed by atoms with Gasteiger partial charge in [0.2, 0.25) is 0 Å². The number of aliphatic hydroxyl groups is 1. The van der Waals surface area contributed by atoms with Crippen LogP contribution in [0.3, 0.4) is 0 Å². The molecule has 1 aromatic rings. The molecule has 1 aromatic carbocycles. The van der Waals surface area contributed by atoms with Crippen LogP contribution in [0.2, 0.25) is 5.02 Å². The Hall–Kier alpha value is -1.26. The molecule has 0 aromatic heterocycles. The molecular formula is C17H24ClNO3. The number of rotatable bonds is 7. The van der Waals surface area contributed by atoms with Gasteiger partial charge >= 0.3 is 0 Å². The third-order valence-electron chi connectivity index (χ3n) is 4.04. The first-order valence-corrected chi connectivity index (χ1v) is 8.27. The lowest BCUT2D eigenvalue weighted by atomic mass is 9.96. The van der Waals surface area contributed by atoms with Gasteiger partial charge in [-0.3, -0.25) is 4.79 Å². The van der Waals surface area contributed by atoms with Crippen LogP contribution in [-0.2, 0) is 0 Å². The first-order chi connectivity index (χ1) is 10.5. The average molecular weight is 326 g/mol. The predicted octanol–water partition coefficient (Wildman–Crippen LogP) is 3.41. The number of nitrogens with one attached hydrogen (secondary N) is 1. The largest absolute Gasteiger partial charge is 0.490 e. The molecule has 1 amide bonds. The van der Waals surface area contributed by atoms with Gasteiger partial charge < -0.3 is 15.2 Å². The van der Waals surface area contributed by atoms with E-state index in [1.807, 2.05) is 13.8 Å². The number of aliphatic hydroxyl groups excluding tert-OH is 1. The maximum absolute atomic E-state index is 12.1. The van der Waals surface area contributed by atoms with Crippen molar-refractivity contribution in [3.63, 3.8) is 0 Å². The number of carbonyl (C=O) groups excluding carboxylic acids is 1. The maximum atomic E-state index is 12.1. The monoisotopic (exact) mass is 325 g/mol. The summed E-state index contributed by atoms with van der Waals surface area (Å²) in [6.45, 7) is 4.32. The molecule has 0 radical (unpaired) electrons. The number of halogens is 1. The summed E-state index contributed by atoms with van der Waals surface area (Å²) >= 11 is 6.17. The second-order valence-electron chi connectivity index (χ2n) is 6.17. The first-order valence-electron chi connectivity index (χ1n) is 7.90. The second-order valence-corrected chi connectivity index (χ2v) is 6.58. The van der Waals surface area contributed by atoms with Gasteiger partial charge in [-0.15, -0.1) is 0 Å². The molecule has 0 saturated heterocycles. The summed E-state index contributed by atoms with van der Waals surface area (Å²) in [7, 11) is 0.